The third-order valence-electron chi connectivity index (χ3n) is 4.05. The number of para-hydroxylation sites is 1. The Labute approximate surface area is 114 Å². The van der Waals surface area contributed by atoms with Crippen LogP contribution in [0.25, 0.3) is 10.9 Å². The molecule has 3 rings (SSSR count). The van der Waals surface area contributed by atoms with Crippen molar-refractivity contribution in [1.82, 2.24) is 9.88 Å². The van der Waals surface area contributed by atoms with Gasteiger partial charge in [0.1, 0.15) is 0 Å². The second-order valence-electron chi connectivity index (χ2n) is 5.30. The lowest BCUT2D eigenvalue weighted by atomic mass is 10.1. The van der Waals surface area contributed by atoms with Crippen LogP contribution < -0.4 is 5.32 Å². The number of likely N-dealkylation sites (tertiary alicyclic amines) is 1. The molecule has 2 heterocycles. The van der Waals surface area contributed by atoms with E-state index in [0.717, 1.165) is 18.0 Å². The van der Waals surface area contributed by atoms with Gasteiger partial charge in [-0.2, -0.15) is 0 Å². The highest BCUT2D eigenvalue weighted by atomic mass is 15.1. The fourth-order valence-corrected chi connectivity index (χ4v) is 2.87. The third kappa shape index (κ3) is 2.71. The van der Waals surface area contributed by atoms with Crippen LogP contribution in [0.5, 0.6) is 0 Å². The zero-order chi connectivity index (χ0) is 13.1. The number of hydrogen-bond donors (Lipinski definition) is 1. The van der Waals surface area contributed by atoms with Crippen LogP contribution >= 0.6 is 0 Å². The van der Waals surface area contributed by atoms with Gasteiger partial charge in [0, 0.05) is 30.4 Å². The topological polar surface area (TPSA) is 28.2 Å². The van der Waals surface area contributed by atoms with E-state index < -0.39 is 0 Å². The van der Waals surface area contributed by atoms with Crippen molar-refractivity contribution >= 4 is 16.6 Å². The van der Waals surface area contributed by atoms with E-state index in [1.165, 1.54) is 37.1 Å². The Morgan fingerprint density at radius 2 is 2.21 bits per heavy atom. The predicted molar refractivity (Wildman–Crippen MR) is 80.5 cm³/mol. The van der Waals surface area contributed by atoms with Crippen LogP contribution in [-0.2, 0) is 0 Å². The SMILES string of the molecule is CCN1CCC(CNc2ccnc3ccccc23)C1. The van der Waals surface area contributed by atoms with E-state index in [0.29, 0.717) is 0 Å². The van der Waals surface area contributed by atoms with Gasteiger partial charge in [-0.15, -0.1) is 0 Å². The van der Waals surface area contributed by atoms with E-state index in [9.17, 15) is 0 Å². The van der Waals surface area contributed by atoms with Crippen LogP contribution in [0.1, 0.15) is 13.3 Å². The van der Waals surface area contributed by atoms with Crippen molar-refractivity contribution in [2.45, 2.75) is 13.3 Å². The summed E-state index contributed by atoms with van der Waals surface area (Å²) in [6.45, 7) is 6.96. The summed E-state index contributed by atoms with van der Waals surface area (Å²) in [6, 6.07) is 10.4. The number of aromatic nitrogens is 1. The molecule has 1 atom stereocenters. The molecule has 1 aromatic heterocycles. The molecular weight excluding hydrogens is 234 g/mol. The Balaban J connectivity index is 1.69. The van der Waals surface area contributed by atoms with Crippen molar-refractivity contribution in [1.29, 1.82) is 0 Å². The minimum Gasteiger partial charge on any atom is -0.384 e. The minimum absolute atomic E-state index is 0.770. The van der Waals surface area contributed by atoms with E-state index in [2.05, 4.69) is 46.4 Å². The van der Waals surface area contributed by atoms with Crippen molar-refractivity contribution in [2.75, 3.05) is 31.5 Å². The Kier molecular flexibility index (Phi) is 3.65. The zero-order valence-electron chi connectivity index (χ0n) is 11.5. The average Bonchev–Trinajstić information content (AvgIpc) is 2.93. The summed E-state index contributed by atoms with van der Waals surface area (Å²) in [7, 11) is 0. The highest BCUT2D eigenvalue weighted by molar-refractivity contribution is 5.90. The van der Waals surface area contributed by atoms with E-state index in [1.54, 1.807) is 0 Å². The van der Waals surface area contributed by atoms with Gasteiger partial charge in [-0.25, -0.2) is 0 Å². The Morgan fingerprint density at radius 3 is 3.05 bits per heavy atom. The Hall–Kier alpha value is -1.61. The molecule has 1 N–H and O–H groups in total. The van der Waals surface area contributed by atoms with Gasteiger partial charge in [-0.05, 0) is 37.6 Å². The van der Waals surface area contributed by atoms with Crippen molar-refractivity contribution in [2.24, 2.45) is 5.92 Å². The van der Waals surface area contributed by atoms with E-state index in [1.807, 2.05) is 12.3 Å². The Morgan fingerprint density at radius 1 is 1.32 bits per heavy atom. The third-order valence-corrected chi connectivity index (χ3v) is 4.05. The van der Waals surface area contributed by atoms with Crippen LogP contribution in [0, 0.1) is 5.92 Å². The highest BCUT2D eigenvalue weighted by Crippen LogP contribution is 2.22. The smallest absolute Gasteiger partial charge is 0.0722 e. The van der Waals surface area contributed by atoms with Gasteiger partial charge >= 0.3 is 0 Å². The van der Waals surface area contributed by atoms with Crippen LogP contribution in [-0.4, -0.2) is 36.1 Å². The Bertz CT molecular complexity index is 547. The summed E-state index contributed by atoms with van der Waals surface area (Å²) in [5.74, 6) is 0.770. The van der Waals surface area contributed by atoms with Gasteiger partial charge in [0.15, 0.2) is 0 Å². The molecule has 1 unspecified atom stereocenters. The lowest BCUT2D eigenvalue weighted by molar-refractivity contribution is 0.345. The molecule has 1 aliphatic rings. The van der Waals surface area contributed by atoms with Gasteiger partial charge in [0.05, 0.1) is 5.52 Å². The van der Waals surface area contributed by atoms with Crippen molar-refractivity contribution in [3.05, 3.63) is 36.5 Å². The van der Waals surface area contributed by atoms with Gasteiger partial charge in [0.25, 0.3) is 0 Å². The second-order valence-corrected chi connectivity index (χ2v) is 5.30. The summed E-state index contributed by atoms with van der Waals surface area (Å²) in [5.41, 5.74) is 2.27. The number of nitrogens with zero attached hydrogens (tertiary/aromatic N) is 2. The zero-order valence-corrected chi connectivity index (χ0v) is 11.5. The minimum atomic E-state index is 0.770. The first-order chi connectivity index (χ1) is 9.36. The highest BCUT2D eigenvalue weighted by Gasteiger charge is 2.20. The molecule has 3 heteroatoms. The van der Waals surface area contributed by atoms with Crippen molar-refractivity contribution in [3.8, 4) is 0 Å². The molecule has 2 aromatic rings. The van der Waals surface area contributed by atoms with Gasteiger partial charge in [-0.1, -0.05) is 25.1 Å². The molecule has 0 spiro atoms. The quantitative estimate of drug-likeness (QED) is 0.910. The summed E-state index contributed by atoms with van der Waals surface area (Å²) < 4.78 is 0. The molecule has 0 aliphatic carbocycles. The fourth-order valence-electron chi connectivity index (χ4n) is 2.87. The number of rotatable bonds is 4. The maximum Gasteiger partial charge on any atom is 0.0722 e. The van der Waals surface area contributed by atoms with Crippen molar-refractivity contribution in [3.63, 3.8) is 0 Å². The molecular formula is C16H21N3. The molecule has 1 saturated heterocycles. The molecule has 100 valence electrons. The summed E-state index contributed by atoms with van der Waals surface area (Å²) >= 11 is 0. The van der Waals surface area contributed by atoms with Crippen molar-refractivity contribution < 1.29 is 0 Å². The molecule has 1 aliphatic heterocycles. The standard InChI is InChI=1S/C16H21N3/c1-2-19-10-8-13(12-19)11-18-16-7-9-17-15-6-4-3-5-14(15)16/h3-7,9,13H,2,8,10-12H2,1H3,(H,17,18). The number of anilines is 1. The predicted octanol–water partition coefficient (Wildman–Crippen LogP) is 2.99. The van der Waals surface area contributed by atoms with Crippen LogP contribution in [0.15, 0.2) is 36.5 Å². The number of pyridine rings is 1. The largest absolute Gasteiger partial charge is 0.384 e. The van der Waals surface area contributed by atoms with E-state index in [-0.39, 0.29) is 0 Å². The average molecular weight is 255 g/mol. The van der Waals surface area contributed by atoms with Gasteiger partial charge in [0.2, 0.25) is 0 Å². The monoisotopic (exact) mass is 255 g/mol. The molecule has 19 heavy (non-hydrogen) atoms. The number of nitrogens with one attached hydrogen (secondary N) is 1. The summed E-state index contributed by atoms with van der Waals surface area (Å²) in [5, 5.41) is 4.83. The van der Waals surface area contributed by atoms with Crippen LogP contribution in [0.3, 0.4) is 0 Å². The van der Waals surface area contributed by atoms with Gasteiger partial charge in [-0.3, -0.25) is 4.98 Å². The summed E-state index contributed by atoms with van der Waals surface area (Å²) in [6.07, 6.45) is 3.20. The van der Waals surface area contributed by atoms with Crippen LogP contribution in [0.2, 0.25) is 0 Å². The molecule has 0 amide bonds. The normalized spacial score (nSPS) is 19.9. The lowest BCUT2D eigenvalue weighted by Gasteiger charge is -2.15. The molecule has 0 radical (unpaired) electrons. The van der Waals surface area contributed by atoms with E-state index >= 15 is 0 Å². The first-order valence-electron chi connectivity index (χ1n) is 7.17. The molecule has 1 fully saturated rings. The lowest BCUT2D eigenvalue weighted by Crippen LogP contribution is -2.22. The number of fused-ring (bicyclic) bond motifs is 1. The number of benzene rings is 1. The number of hydrogen-bond acceptors (Lipinski definition) is 3. The molecule has 0 saturated carbocycles. The maximum atomic E-state index is 4.40. The van der Waals surface area contributed by atoms with E-state index in [4.69, 9.17) is 0 Å². The summed E-state index contributed by atoms with van der Waals surface area (Å²) in [4.78, 5) is 6.92. The van der Waals surface area contributed by atoms with Crippen LogP contribution in [0.4, 0.5) is 5.69 Å². The first-order valence-corrected chi connectivity index (χ1v) is 7.17. The molecule has 1 aromatic carbocycles. The first kappa shape index (κ1) is 12.4. The van der Waals surface area contributed by atoms with Gasteiger partial charge < -0.3 is 10.2 Å². The molecule has 3 nitrogen and oxygen atoms in total. The molecule has 0 bridgehead atoms. The second kappa shape index (κ2) is 5.57. The fraction of sp³-hybridized carbons (Fsp3) is 0.438. The maximum absolute atomic E-state index is 4.40.